The number of guanidine groups is 1. The highest BCUT2D eigenvalue weighted by Crippen LogP contribution is 2.20. The maximum absolute atomic E-state index is 6.08. The fraction of sp³-hybridized carbons (Fsp3) is 0.682. The number of aliphatic imine (C=N–C) groups is 1. The minimum Gasteiger partial charge on any atom is -0.496 e. The number of nitrogens with zero attached hydrogens (tertiary/aromatic N) is 2. The molecule has 2 fully saturated rings. The molecule has 0 radical (unpaired) electrons. The second kappa shape index (κ2) is 10.7. The zero-order valence-electron chi connectivity index (χ0n) is 17.6. The number of aryl methyl sites for hydroxylation is 1. The molecule has 1 atom stereocenters. The molecule has 2 saturated heterocycles. The van der Waals surface area contributed by atoms with E-state index in [0.717, 1.165) is 70.2 Å². The summed E-state index contributed by atoms with van der Waals surface area (Å²) < 4.78 is 17.1. The first kappa shape index (κ1) is 20.9. The average Bonchev–Trinajstić information content (AvgIpc) is 3.25. The summed E-state index contributed by atoms with van der Waals surface area (Å²) in [5, 5.41) is 3.51. The van der Waals surface area contributed by atoms with Crippen molar-refractivity contribution in [3.63, 3.8) is 0 Å². The van der Waals surface area contributed by atoms with E-state index in [4.69, 9.17) is 14.2 Å². The van der Waals surface area contributed by atoms with Gasteiger partial charge in [0.25, 0.3) is 0 Å². The first-order chi connectivity index (χ1) is 13.7. The van der Waals surface area contributed by atoms with Gasteiger partial charge in [0.15, 0.2) is 5.96 Å². The van der Waals surface area contributed by atoms with Crippen LogP contribution in [0.5, 0.6) is 5.75 Å². The summed E-state index contributed by atoms with van der Waals surface area (Å²) in [6.45, 7) is 6.52. The fourth-order valence-corrected chi connectivity index (χ4v) is 3.92. The van der Waals surface area contributed by atoms with E-state index < -0.39 is 0 Å². The molecule has 0 bridgehead atoms. The minimum atomic E-state index is 0.313. The molecule has 0 saturated carbocycles. The van der Waals surface area contributed by atoms with Gasteiger partial charge in [-0.3, -0.25) is 4.99 Å². The van der Waals surface area contributed by atoms with Crippen LogP contribution in [0.3, 0.4) is 0 Å². The van der Waals surface area contributed by atoms with Gasteiger partial charge in [-0.1, -0.05) is 12.1 Å². The Morgan fingerprint density at radius 3 is 2.79 bits per heavy atom. The van der Waals surface area contributed by atoms with E-state index in [9.17, 15) is 0 Å². The quantitative estimate of drug-likeness (QED) is 0.574. The fourth-order valence-electron chi connectivity index (χ4n) is 3.92. The molecule has 6 nitrogen and oxygen atoms in total. The van der Waals surface area contributed by atoms with Crippen LogP contribution in [0.4, 0.5) is 0 Å². The van der Waals surface area contributed by atoms with Crippen molar-refractivity contribution < 1.29 is 14.2 Å². The number of hydrogen-bond acceptors (Lipinski definition) is 4. The smallest absolute Gasteiger partial charge is 0.193 e. The summed E-state index contributed by atoms with van der Waals surface area (Å²) in [6.07, 6.45) is 6.00. The van der Waals surface area contributed by atoms with Crippen molar-refractivity contribution >= 4 is 5.96 Å². The van der Waals surface area contributed by atoms with E-state index in [1.807, 2.05) is 7.05 Å². The zero-order chi connectivity index (χ0) is 19.8. The molecule has 3 rings (SSSR count). The predicted molar refractivity (Wildman–Crippen MR) is 112 cm³/mol. The minimum absolute atomic E-state index is 0.313. The molecule has 2 heterocycles. The number of ether oxygens (including phenoxy) is 3. The Hall–Kier alpha value is -1.79. The monoisotopic (exact) mass is 389 g/mol. The third-order valence-corrected chi connectivity index (χ3v) is 5.66. The first-order valence-electron chi connectivity index (χ1n) is 10.5. The highest BCUT2D eigenvalue weighted by atomic mass is 16.5. The highest BCUT2D eigenvalue weighted by Gasteiger charge is 2.24. The van der Waals surface area contributed by atoms with Crippen LogP contribution in [-0.2, 0) is 15.9 Å². The SMILES string of the molecule is CN=C(NCCc1ccc(C)c(OC)c1)N1CCC(OCC2CCCO2)CC1. The molecule has 0 aromatic heterocycles. The van der Waals surface area contributed by atoms with Crippen molar-refractivity contribution in [2.75, 3.05) is 47.0 Å². The van der Waals surface area contributed by atoms with Gasteiger partial charge in [0.2, 0.25) is 0 Å². The van der Waals surface area contributed by atoms with Crippen molar-refractivity contribution in [1.82, 2.24) is 10.2 Å². The lowest BCUT2D eigenvalue weighted by atomic mass is 10.1. The second-order valence-corrected chi connectivity index (χ2v) is 7.68. The third kappa shape index (κ3) is 5.85. The number of hydrogen-bond donors (Lipinski definition) is 1. The molecular formula is C22H35N3O3. The van der Waals surface area contributed by atoms with E-state index in [1.54, 1.807) is 7.11 Å². The Morgan fingerprint density at radius 1 is 1.29 bits per heavy atom. The highest BCUT2D eigenvalue weighted by molar-refractivity contribution is 5.80. The normalized spacial score (nSPS) is 21.2. The lowest BCUT2D eigenvalue weighted by Gasteiger charge is -2.34. The predicted octanol–water partition coefficient (Wildman–Crippen LogP) is 2.78. The van der Waals surface area contributed by atoms with E-state index in [1.165, 1.54) is 17.5 Å². The summed E-state index contributed by atoms with van der Waals surface area (Å²) in [5.74, 6) is 1.93. The van der Waals surface area contributed by atoms with Crippen LogP contribution in [0.15, 0.2) is 23.2 Å². The Balaban J connectivity index is 1.38. The topological polar surface area (TPSA) is 55.3 Å². The maximum atomic E-state index is 6.08. The molecule has 28 heavy (non-hydrogen) atoms. The van der Waals surface area contributed by atoms with Crippen LogP contribution in [0.25, 0.3) is 0 Å². The van der Waals surface area contributed by atoms with Crippen molar-refractivity contribution in [2.45, 2.75) is 51.2 Å². The van der Waals surface area contributed by atoms with Gasteiger partial charge in [-0.2, -0.15) is 0 Å². The van der Waals surface area contributed by atoms with Crippen LogP contribution in [0, 0.1) is 6.92 Å². The molecule has 0 amide bonds. The van der Waals surface area contributed by atoms with Crippen molar-refractivity contribution in [2.24, 2.45) is 4.99 Å². The zero-order valence-corrected chi connectivity index (χ0v) is 17.6. The largest absolute Gasteiger partial charge is 0.496 e. The summed E-state index contributed by atoms with van der Waals surface area (Å²) >= 11 is 0. The number of likely N-dealkylation sites (tertiary alicyclic amines) is 1. The molecule has 6 heteroatoms. The molecule has 1 unspecified atom stereocenters. The Kier molecular flexibility index (Phi) is 7.98. The molecule has 2 aliphatic heterocycles. The van der Waals surface area contributed by atoms with Gasteiger partial charge in [-0.25, -0.2) is 0 Å². The lowest BCUT2D eigenvalue weighted by Crippen LogP contribution is -2.47. The maximum Gasteiger partial charge on any atom is 0.193 e. The van der Waals surface area contributed by atoms with Crippen LogP contribution < -0.4 is 10.1 Å². The molecule has 1 aromatic rings. The average molecular weight is 390 g/mol. The Labute approximate surface area is 169 Å². The van der Waals surface area contributed by atoms with Gasteiger partial charge in [0.1, 0.15) is 5.75 Å². The summed E-state index contributed by atoms with van der Waals surface area (Å²) in [5.41, 5.74) is 2.44. The van der Waals surface area contributed by atoms with Gasteiger partial charge in [0, 0.05) is 33.3 Å². The number of benzene rings is 1. The molecular weight excluding hydrogens is 354 g/mol. The van der Waals surface area contributed by atoms with Crippen LogP contribution in [-0.4, -0.2) is 70.1 Å². The molecule has 0 aliphatic carbocycles. The van der Waals surface area contributed by atoms with Crippen molar-refractivity contribution in [3.05, 3.63) is 29.3 Å². The summed E-state index contributed by atoms with van der Waals surface area (Å²) in [7, 11) is 3.58. The van der Waals surface area contributed by atoms with Crippen LogP contribution >= 0.6 is 0 Å². The van der Waals surface area contributed by atoms with Crippen LogP contribution in [0.1, 0.15) is 36.8 Å². The number of nitrogens with one attached hydrogen (secondary N) is 1. The Bertz CT molecular complexity index is 636. The van der Waals surface area contributed by atoms with Crippen molar-refractivity contribution in [1.29, 1.82) is 0 Å². The number of piperidine rings is 1. The van der Waals surface area contributed by atoms with Gasteiger partial charge >= 0.3 is 0 Å². The second-order valence-electron chi connectivity index (χ2n) is 7.68. The lowest BCUT2D eigenvalue weighted by molar-refractivity contribution is -0.0367. The molecule has 0 spiro atoms. The molecule has 1 N–H and O–H groups in total. The first-order valence-corrected chi connectivity index (χ1v) is 10.5. The van der Waals surface area contributed by atoms with Gasteiger partial charge in [0.05, 0.1) is 25.9 Å². The third-order valence-electron chi connectivity index (χ3n) is 5.66. The summed E-state index contributed by atoms with van der Waals surface area (Å²) in [6, 6.07) is 6.40. The van der Waals surface area contributed by atoms with E-state index in [-0.39, 0.29) is 0 Å². The van der Waals surface area contributed by atoms with E-state index in [0.29, 0.717) is 12.2 Å². The Morgan fingerprint density at radius 2 is 2.11 bits per heavy atom. The molecule has 156 valence electrons. The number of rotatable bonds is 7. The molecule has 1 aromatic carbocycles. The molecule has 2 aliphatic rings. The number of methoxy groups -OCH3 is 1. The van der Waals surface area contributed by atoms with Gasteiger partial charge < -0.3 is 24.4 Å². The van der Waals surface area contributed by atoms with Crippen molar-refractivity contribution in [3.8, 4) is 5.75 Å². The van der Waals surface area contributed by atoms with E-state index >= 15 is 0 Å². The van der Waals surface area contributed by atoms with Gasteiger partial charge in [-0.15, -0.1) is 0 Å². The van der Waals surface area contributed by atoms with E-state index in [2.05, 4.69) is 40.3 Å². The standard InChI is InChI=1S/C22H35N3O3/c1-17-6-7-18(15-21(17)26-3)8-11-24-22(23-2)25-12-9-19(10-13-25)28-16-20-5-4-14-27-20/h6-7,15,19-20H,4-5,8-14,16H2,1-3H3,(H,23,24). The van der Waals surface area contributed by atoms with Crippen LogP contribution in [0.2, 0.25) is 0 Å². The van der Waals surface area contributed by atoms with Gasteiger partial charge in [-0.05, 0) is 56.2 Å². The summed E-state index contributed by atoms with van der Waals surface area (Å²) in [4.78, 5) is 6.81.